The molecule has 3 amide bonds. The zero-order valence-electron chi connectivity index (χ0n) is 16.1. The maximum atomic E-state index is 12.0. The summed E-state index contributed by atoms with van der Waals surface area (Å²) in [5.74, 6) is -0.0790. The fourth-order valence-electron chi connectivity index (χ4n) is 3.33. The lowest BCUT2D eigenvalue weighted by molar-refractivity contribution is -0.121. The minimum Gasteiger partial charge on any atom is -0.352 e. The standard InChI is InChI=1S/C20H28N6O2/c27-19(10-11-22-20(28)25-18-4-2-1-3-5-18)23-12-16-6-8-17(9-7-16)13-26-15-21-14-24-26/h6-9,14-15,18H,1-5,10-13H2,(H,23,27)(H2,22,25,28). The normalized spacial score (nSPS) is 14.4. The summed E-state index contributed by atoms with van der Waals surface area (Å²) >= 11 is 0. The monoisotopic (exact) mass is 384 g/mol. The number of rotatable bonds is 8. The smallest absolute Gasteiger partial charge is 0.315 e. The average molecular weight is 384 g/mol. The van der Waals surface area contributed by atoms with E-state index in [1.807, 2.05) is 24.3 Å². The van der Waals surface area contributed by atoms with E-state index < -0.39 is 0 Å². The molecule has 3 rings (SSSR count). The van der Waals surface area contributed by atoms with Gasteiger partial charge in [-0.05, 0) is 24.0 Å². The fourth-order valence-corrected chi connectivity index (χ4v) is 3.33. The van der Waals surface area contributed by atoms with Crippen LogP contribution in [0.1, 0.15) is 49.7 Å². The van der Waals surface area contributed by atoms with Crippen LogP contribution in [0.25, 0.3) is 0 Å². The first-order valence-electron chi connectivity index (χ1n) is 9.90. The van der Waals surface area contributed by atoms with E-state index in [0.29, 0.717) is 19.6 Å². The molecule has 1 heterocycles. The molecule has 0 aliphatic heterocycles. The molecular formula is C20H28N6O2. The zero-order valence-corrected chi connectivity index (χ0v) is 16.1. The molecule has 0 atom stereocenters. The van der Waals surface area contributed by atoms with Gasteiger partial charge in [0, 0.05) is 25.6 Å². The molecule has 8 heteroatoms. The summed E-state index contributed by atoms with van der Waals surface area (Å²) in [6.45, 7) is 1.47. The summed E-state index contributed by atoms with van der Waals surface area (Å²) < 4.78 is 1.76. The third-order valence-electron chi connectivity index (χ3n) is 4.90. The van der Waals surface area contributed by atoms with Crippen molar-refractivity contribution in [3.63, 3.8) is 0 Å². The van der Waals surface area contributed by atoms with Gasteiger partial charge in [0.1, 0.15) is 12.7 Å². The minimum absolute atomic E-state index is 0.0790. The van der Waals surface area contributed by atoms with Crippen molar-refractivity contribution in [1.82, 2.24) is 30.7 Å². The number of aromatic nitrogens is 3. The number of nitrogens with one attached hydrogen (secondary N) is 3. The summed E-state index contributed by atoms with van der Waals surface area (Å²) in [6, 6.07) is 8.10. The predicted octanol–water partition coefficient (Wildman–Crippen LogP) is 1.96. The van der Waals surface area contributed by atoms with E-state index in [9.17, 15) is 9.59 Å². The molecule has 1 saturated carbocycles. The molecule has 1 fully saturated rings. The van der Waals surface area contributed by atoms with Crippen molar-refractivity contribution in [1.29, 1.82) is 0 Å². The van der Waals surface area contributed by atoms with Crippen molar-refractivity contribution in [2.75, 3.05) is 6.54 Å². The molecule has 1 aliphatic carbocycles. The van der Waals surface area contributed by atoms with E-state index in [1.54, 1.807) is 11.0 Å². The van der Waals surface area contributed by atoms with E-state index in [4.69, 9.17) is 0 Å². The first-order chi connectivity index (χ1) is 13.7. The van der Waals surface area contributed by atoms with E-state index in [1.165, 1.54) is 25.6 Å². The SMILES string of the molecule is O=C(CCNC(=O)NC1CCCCC1)NCc1ccc(Cn2cncn2)cc1. The number of carbonyl (C=O) groups excluding carboxylic acids is 2. The molecule has 0 spiro atoms. The van der Waals surface area contributed by atoms with Crippen LogP contribution in [0.3, 0.4) is 0 Å². The van der Waals surface area contributed by atoms with Gasteiger partial charge in [0.25, 0.3) is 0 Å². The quantitative estimate of drug-likeness (QED) is 0.648. The van der Waals surface area contributed by atoms with E-state index in [2.05, 4.69) is 26.0 Å². The molecule has 2 aromatic rings. The number of amides is 3. The number of hydrogen-bond acceptors (Lipinski definition) is 4. The first kappa shape index (κ1) is 19.9. The molecule has 1 aromatic heterocycles. The molecule has 0 unspecified atom stereocenters. The zero-order chi connectivity index (χ0) is 19.6. The van der Waals surface area contributed by atoms with Gasteiger partial charge < -0.3 is 16.0 Å². The lowest BCUT2D eigenvalue weighted by Crippen LogP contribution is -2.43. The highest BCUT2D eigenvalue weighted by Crippen LogP contribution is 2.17. The van der Waals surface area contributed by atoms with Gasteiger partial charge in [-0.3, -0.25) is 4.79 Å². The topological polar surface area (TPSA) is 101 Å². The second kappa shape index (κ2) is 10.4. The van der Waals surface area contributed by atoms with Crippen LogP contribution in [-0.4, -0.2) is 39.3 Å². The van der Waals surface area contributed by atoms with Gasteiger partial charge >= 0.3 is 6.03 Å². The van der Waals surface area contributed by atoms with Crippen LogP contribution >= 0.6 is 0 Å². The van der Waals surface area contributed by atoms with E-state index in [0.717, 1.165) is 24.0 Å². The van der Waals surface area contributed by atoms with Crippen molar-refractivity contribution in [2.24, 2.45) is 0 Å². The molecule has 0 bridgehead atoms. The highest BCUT2D eigenvalue weighted by Gasteiger charge is 2.15. The Morgan fingerprint density at radius 3 is 2.50 bits per heavy atom. The van der Waals surface area contributed by atoms with Crippen LogP contribution in [0.15, 0.2) is 36.9 Å². The molecule has 0 saturated heterocycles. The number of benzene rings is 1. The Morgan fingerprint density at radius 1 is 1.04 bits per heavy atom. The summed E-state index contributed by atoms with van der Waals surface area (Å²) in [6.07, 6.45) is 9.16. The van der Waals surface area contributed by atoms with Gasteiger partial charge in [-0.1, -0.05) is 43.5 Å². The third kappa shape index (κ3) is 6.68. The Morgan fingerprint density at radius 2 is 1.79 bits per heavy atom. The largest absolute Gasteiger partial charge is 0.352 e. The molecule has 1 aromatic carbocycles. The highest BCUT2D eigenvalue weighted by atomic mass is 16.2. The molecule has 150 valence electrons. The Labute approximate surface area is 165 Å². The van der Waals surface area contributed by atoms with Crippen LogP contribution in [0.4, 0.5) is 4.79 Å². The number of carbonyl (C=O) groups is 2. The van der Waals surface area contributed by atoms with Gasteiger partial charge in [0.05, 0.1) is 6.54 Å². The Balaban J connectivity index is 1.30. The first-order valence-corrected chi connectivity index (χ1v) is 9.90. The number of urea groups is 1. The van der Waals surface area contributed by atoms with E-state index in [-0.39, 0.29) is 24.4 Å². The molecular weight excluding hydrogens is 356 g/mol. The highest BCUT2D eigenvalue weighted by molar-refractivity contribution is 5.78. The molecule has 0 radical (unpaired) electrons. The van der Waals surface area contributed by atoms with Gasteiger partial charge in [-0.2, -0.15) is 5.10 Å². The lowest BCUT2D eigenvalue weighted by atomic mass is 9.96. The van der Waals surface area contributed by atoms with Crippen LogP contribution in [0.2, 0.25) is 0 Å². The average Bonchev–Trinajstić information content (AvgIpc) is 3.21. The van der Waals surface area contributed by atoms with Crippen molar-refractivity contribution in [3.8, 4) is 0 Å². The second-order valence-electron chi connectivity index (χ2n) is 7.17. The van der Waals surface area contributed by atoms with Crippen molar-refractivity contribution in [3.05, 3.63) is 48.0 Å². The minimum atomic E-state index is -0.178. The Kier molecular flexibility index (Phi) is 7.40. The molecule has 28 heavy (non-hydrogen) atoms. The van der Waals surface area contributed by atoms with Crippen molar-refractivity contribution >= 4 is 11.9 Å². The number of hydrogen-bond donors (Lipinski definition) is 3. The van der Waals surface area contributed by atoms with Gasteiger partial charge in [0.2, 0.25) is 5.91 Å². The van der Waals surface area contributed by atoms with Crippen LogP contribution in [0, 0.1) is 0 Å². The summed E-state index contributed by atoms with van der Waals surface area (Å²) in [7, 11) is 0. The number of nitrogens with zero attached hydrogens (tertiary/aromatic N) is 3. The summed E-state index contributed by atoms with van der Waals surface area (Å²) in [5, 5.41) is 12.7. The van der Waals surface area contributed by atoms with Gasteiger partial charge in [0.15, 0.2) is 0 Å². The molecule has 3 N–H and O–H groups in total. The van der Waals surface area contributed by atoms with Crippen molar-refractivity contribution < 1.29 is 9.59 Å². The summed E-state index contributed by atoms with van der Waals surface area (Å²) in [5.41, 5.74) is 2.15. The Hall–Kier alpha value is -2.90. The van der Waals surface area contributed by atoms with Crippen LogP contribution in [-0.2, 0) is 17.9 Å². The maximum absolute atomic E-state index is 12.0. The van der Waals surface area contributed by atoms with E-state index >= 15 is 0 Å². The lowest BCUT2D eigenvalue weighted by Gasteiger charge is -2.22. The van der Waals surface area contributed by atoms with Gasteiger partial charge in [-0.15, -0.1) is 0 Å². The van der Waals surface area contributed by atoms with Crippen molar-refractivity contribution in [2.45, 2.75) is 57.7 Å². The van der Waals surface area contributed by atoms with Gasteiger partial charge in [-0.25, -0.2) is 14.5 Å². The maximum Gasteiger partial charge on any atom is 0.315 e. The van der Waals surface area contributed by atoms with Crippen LogP contribution in [0.5, 0.6) is 0 Å². The Bertz CT molecular complexity index is 739. The molecule has 8 nitrogen and oxygen atoms in total. The predicted molar refractivity (Wildman–Crippen MR) is 105 cm³/mol. The van der Waals surface area contributed by atoms with Crippen LogP contribution < -0.4 is 16.0 Å². The third-order valence-corrected chi connectivity index (χ3v) is 4.90. The fraction of sp³-hybridized carbons (Fsp3) is 0.500. The second-order valence-corrected chi connectivity index (χ2v) is 7.17. The molecule has 1 aliphatic rings. The summed E-state index contributed by atoms with van der Waals surface area (Å²) in [4.78, 5) is 27.7.